The highest BCUT2D eigenvalue weighted by Crippen LogP contribution is 2.28. The lowest BCUT2D eigenvalue weighted by atomic mass is 10.1. The van der Waals surface area contributed by atoms with Gasteiger partial charge in [0.1, 0.15) is 5.75 Å². The number of hydrogen-bond acceptors (Lipinski definition) is 3. The van der Waals surface area contributed by atoms with Gasteiger partial charge >= 0.3 is 0 Å². The molecule has 2 N–H and O–H groups in total. The Morgan fingerprint density at radius 3 is 2.75 bits per heavy atom. The highest BCUT2D eigenvalue weighted by atomic mass is 16.5. The van der Waals surface area contributed by atoms with Gasteiger partial charge in [-0.2, -0.15) is 0 Å². The van der Waals surface area contributed by atoms with Gasteiger partial charge in [-0.15, -0.1) is 0 Å². The van der Waals surface area contributed by atoms with Crippen LogP contribution in [0.3, 0.4) is 0 Å². The zero-order valence-electron chi connectivity index (χ0n) is 12.6. The first-order chi connectivity index (χ1) is 9.52. The molecule has 1 aliphatic carbocycles. The maximum absolute atomic E-state index is 12.1. The fraction of sp³-hybridized carbons (Fsp3) is 0.562. The van der Waals surface area contributed by atoms with Crippen molar-refractivity contribution in [2.45, 2.75) is 45.7 Å². The Morgan fingerprint density at radius 1 is 1.50 bits per heavy atom. The number of amides is 1. The van der Waals surface area contributed by atoms with Crippen molar-refractivity contribution in [1.29, 1.82) is 0 Å². The zero-order valence-corrected chi connectivity index (χ0v) is 12.6. The predicted molar refractivity (Wildman–Crippen MR) is 79.7 cm³/mol. The van der Waals surface area contributed by atoms with Crippen molar-refractivity contribution in [3.63, 3.8) is 0 Å². The molecule has 1 saturated carbocycles. The molecule has 0 saturated heterocycles. The summed E-state index contributed by atoms with van der Waals surface area (Å²) in [6, 6.07) is 6.22. The fourth-order valence-electron chi connectivity index (χ4n) is 2.40. The van der Waals surface area contributed by atoms with Gasteiger partial charge in [-0.3, -0.25) is 4.79 Å². The van der Waals surface area contributed by atoms with E-state index in [-0.39, 0.29) is 18.6 Å². The van der Waals surface area contributed by atoms with Crippen molar-refractivity contribution in [1.82, 2.24) is 4.90 Å². The molecule has 1 amide bonds. The summed E-state index contributed by atoms with van der Waals surface area (Å²) in [7, 11) is 0. The molecule has 110 valence electrons. The number of benzene rings is 1. The summed E-state index contributed by atoms with van der Waals surface area (Å²) in [5, 5.41) is 0. The summed E-state index contributed by atoms with van der Waals surface area (Å²) in [6.45, 7) is 6.79. The molecule has 0 bridgehead atoms. The van der Waals surface area contributed by atoms with Crippen LogP contribution in [0.2, 0.25) is 0 Å². The topological polar surface area (TPSA) is 55.6 Å². The van der Waals surface area contributed by atoms with Crippen LogP contribution < -0.4 is 10.5 Å². The summed E-state index contributed by atoms with van der Waals surface area (Å²) < 4.78 is 5.70. The summed E-state index contributed by atoms with van der Waals surface area (Å²) in [6.07, 6.45) is 2.24. The Hall–Kier alpha value is -1.55. The number of carbonyl (C=O) groups is 1. The van der Waals surface area contributed by atoms with E-state index < -0.39 is 0 Å². The first-order valence-corrected chi connectivity index (χ1v) is 7.31. The summed E-state index contributed by atoms with van der Waals surface area (Å²) >= 11 is 0. The Labute approximate surface area is 120 Å². The molecule has 0 spiro atoms. The molecular formula is C16H24N2O2. The number of ether oxygens (including phenoxy) is 1. The van der Waals surface area contributed by atoms with Gasteiger partial charge in [0.05, 0.1) is 0 Å². The van der Waals surface area contributed by atoms with E-state index in [1.165, 1.54) is 0 Å². The molecule has 1 aromatic carbocycles. The molecule has 0 unspecified atom stereocenters. The quantitative estimate of drug-likeness (QED) is 0.868. The molecule has 1 atom stereocenters. The molecular weight excluding hydrogens is 252 g/mol. The number of nitrogens with two attached hydrogens (primary N) is 1. The lowest BCUT2D eigenvalue weighted by molar-refractivity contribution is -0.133. The van der Waals surface area contributed by atoms with Crippen molar-refractivity contribution in [2.24, 2.45) is 5.73 Å². The molecule has 20 heavy (non-hydrogen) atoms. The Bertz CT molecular complexity index is 481. The van der Waals surface area contributed by atoms with Gasteiger partial charge in [0.15, 0.2) is 6.61 Å². The molecule has 1 aliphatic rings. The number of aryl methyl sites for hydroxylation is 1. The van der Waals surface area contributed by atoms with Crippen LogP contribution >= 0.6 is 0 Å². The van der Waals surface area contributed by atoms with Gasteiger partial charge in [-0.05, 0) is 39.7 Å². The number of nitrogens with zero attached hydrogens (tertiary/aromatic N) is 1. The third-order valence-electron chi connectivity index (χ3n) is 3.66. The molecule has 1 fully saturated rings. The van der Waals surface area contributed by atoms with Crippen molar-refractivity contribution < 1.29 is 9.53 Å². The van der Waals surface area contributed by atoms with E-state index in [1.54, 1.807) is 0 Å². The van der Waals surface area contributed by atoms with Gasteiger partial charge in [-0.25, -0.2) is 0 Å². The van der Waals surface area contributed by atoms with Crippen molar-refractivity contribution in [3.05, 3.63) is 29.3 Å². The van der Waals surface area contributed by atoms with E-state index in [9.17, 15) is 4.79 Å². The second kappa shape index (κ2) is 6.27. The molecule has 4 nitrogen and oxygen atoms in total. The van der Waals surface area contributed by atoms with E-state index in [0.29, 0.717) is 11.8 Å². The maximum atomic E-state index is 12.1. The van der Waals surface area contributed by atoms with Gasteiger partial charge < -0.3 is 15.4 Å². The molecule has 1 aromatic rings. The minimum absolute atomic E-state index is 0.0613. The number of likely N-dealkylation sites (N-methyl/N-ethyl adjacent to an activating group) is 1. The standard InChI is InChI=1S/C16H24N2O2/c1-4-18(13-6-7-13)16(19)10-20-15-8-5-11(2)9-14(15)12(3)17/h5,8-9,12-13H,4,6-7,10,17H2,1-3H3/t12-/m1/s1. The maximum Gasteiger partial charge on any atom is 0.260 e. The van der Waals surface area contributed by atoms with Crippen LogP contribution in [0.5, 0.6) is 5.75 Å². The number of hydrogen-bond donors (Lipinski definition) is 1. The monoisotopic (exact) mass is 276 g/mol. The van der Waals surface area contributed by atoms with Crippen LogP contribution in [0.4, 0.5) is 0 Å². The van der Waals surface area contributed by atoms with E-state index in [4.69, 9.17) is 10.5 Å². The third-order valence-corrected chi connectivity index (χ3v) is 3.66. The fourth-order valence-corrected chi connectivity index (χ4v) is 2.40. The van der Waals surface area contributed by atoms with Crippen molar-refractivity contribution >= 4 is 5.91 Å². The second-order valence-corrected chi connectivity index (χ2v) is 5.53. The van der Waals surface area contributed by atoms with Gasteiger partial charge in [0.2, 0.25) is 0 Å². The van der Waals surface area contributed by atoms with Crippen LogP contribution in [-0.2, 0) is 4.79 Å². The molecule has 0 heterocycles. The minimum Gasteiger partial charge on any atom is -0.483 e. The normalized spacial score (nSPS) is 15.8. The molecule has 0 aromatic heterocycles. The minimum atomic E-state index is -0.106. The summed E-state index contributed by atoms with van der Waals surface area (Å²) in [4.78, 5) is 14.0. The first kappa shape index (κ1) is 14.9. The first-order valence-electron chi connectivity index (χ1n) is 7.31. The Balaban J connectivity index is 2.01. The van der Waals surface area contributed by atoms with Gasteiger partial charge in [-0.1, -0.05) is 17.7 Å². The van der Waals surface area contributed by atoms with Crippen LogP contribution in [0.25, 0.3) is 0 Å². The largest absolute Gasteiger partial charge is 0.483 e. The Kier molecular flexibility index (Phi) is 4.65. The Morgan fingerprint density at radius 2 is 2.20 bits per heavy atom. The smallest absolute Gasteiger partial charge is 0.260 e. The SMILES string of the molecule is CCN(C(=O)COc1ccc(C)cc1[C@@H](C)N)C1CC1. The lowest BCUT2D eigenvalue weighted by Gasteiger charge is -2.21. The average molecular weight is 276 g/mol. The van der Waals surface area contributed by atoms with Crippen LogP contribution in [0, 0.1) is 6.92 Å². The number of carbonyl (C=O) groups excluding carboxylic acids is 1. The third kappa shape index (κ3) is 3.51. The second-order valence-electron chi connectivity index (χ2n) is 5.53. The number of rotatable bonds is 6. The van der Waals surface area contributed by atoms with Crippen LogP contribution in [0.15, 0.2) is 18.2 Å². The summed E-state index contributed by atoms with van der Waals surface area (Å²) in [5.74, 6) is 0.775. The van der Waals surface area contributed by atoms with Crippen molar-refractivity contribution in [3.8, 4) is 5.75 Å². The van der Waals surface area contributed by atoms with Crippen LogP contribution in [0.1, 0.15) is 43.9 Å². The zero-order chi connectivity index (χ0) is 14.7. The summed E-state index contributed by atoms with van der Waals surface area (Å²) in [5.41, 5.74) is 8.05. The van der Waals surface area contributed by atoms with E-state index >= 15 is 0 Å². The van der Waals surface area contributed by atoms with E-state index in [1.807, 2.05) is 43.9 Å². The van der Waals surface area contributed by atoms with Crippen LogP contribution in [-0.4, -0.2) is 30.0 Å². The molecule has 0 aliphatic heterocycles. The predicted octanol–water partition coefficient (Wildman–Crippen LogP) is 2.40. The molecule has 4 heteroatoms. The average Bonchev–Trinajstić information content (AvgIpc) is 3.22. The van der Waals surface area contributed by atoms with Gasteiger partial charge in [0, 0.05) is 24.2 Å². The lowest BCUT2D eigenvalue weighted by Crippen LogP contribution is -2.36. The van der Waals surface area contributed by atoms with E-state index in [2.05, 4.69) is 0 Å². The molecule has 0 radical (unpaired) electrons. The van der Waals surface area contributed by atoms with Gasteiger partial charge in [0.25, 0.3) is 5.91 Å². The van der Waals surface area contributed by atoms with Crippen molar-refractivity contribution in [2.75, 3.05) is 13.2 Å². The van der Waals surface area contributed by atoms with E-state index in [0.717, 1.165) is 30.5 Å². The highest BCUT2D eigenvalue weighted by Gasteiger charge is 2.31. The highest BCUT2D eigenvalue weighted by molar-refractivity contribution is 5.78. The molecule has 2 rings (SSSR count).